The molecule has 0 aliphatic heterocycles. The van der Waals surface area contributed by atoms with Gasteiger partial charge in [0.2, 0.25) is 0 Å². The Morgan fingerprint density at radius 1 is 0.938 bits per heavy atom. The van der Waals surface area contributed by atoms with Gasteiger partial charge in [0.15, 0.2) is 0 Å². The Labute approximate surface area is 180 Å². The minimum Gasteiger partial charge on any atom is -0.465 e. The van der Waals surface area contributed by atoms with Crippen LogP contribution in [0.1, 0.15) is 31.2 Å². The number of nitrogens with one attached hydrogen (secondary N) is 1. The van der Waals surface area contributed by atoms with Crippen molar-refractivity contribution >= 4 is 28.9 Å². The fourth-order valence-corrected chi connectivity index (χ4v) is 3.42. The number of alkyl halides is 6. The molecule has 1 amide bonds. The smallest absolute Gasteiger partial charge is 0.416 e. The number of carbonyl (C=O) groups excluding carboxylic acids is 2. The summed E-state index contributed by atoms with van der Waals surface area (Å²) < 4.78 is 82.4. The zero-order valence-electron chi connectivity index (χ0n) is 16.0. The number of anilines is 1. The van der Waals surface area contributed by atoms with E-state index in [9.17, 15) is 35.9 Å². The molecule has 32 heavy (non-hydrogen) atoms. The van der Waals surface area contributed by atoms with Gasteiger partial charge >= 0.3 is 18.3 Å². The molecular weight excluding hydrogens is 462 g/mol. The van der Waals surface area contributed by atoms with Gasteiger partial charge in [0.1, 0.15) is 9.88 Å². The SMILES string of the molecule is COC(=O)c1ccc(-c2ncc(C(=O)Nc3cc(C(F)(F)F)cc(C(F)(F)F)c3)s2)cc1. The maximum absolute atomic E-state index is 13.0. The van der Waals surface area contributed by atoms with Crippen LogP contribution in [0.2, 0.25) is 0 Å². The number of hydrogen-bond donors (Lipinski definition) is 1. The molecule has 0 aliphatic carbocycles. The van der Waals surface area contributed by atoms with Crippen LogP contribution in [-0.4, -0.2) is 24.0 Å². The predicted octanol–water partition coefficient (Wildman–Crippen LogP) is 5.89. The summed E-state index contributed by atoms with van der Waals surface area (Å²) in [6.45, 7) is 0. The zero-order valence-corrected chi connectivity index (χ0v) is 16.8. The number of thiazole rings is 1. The first-order valence-electron chi connectivity index (χ1n) is 8.64. The molecule has 12 heteroatoms. The van der Waals surface area contributed by atoms with Crippen molar-refractivity contribution in [2.24, 2.45) is 0 Å². The largest absolute Gasteiger partial charge is 0.465 e. The number of hydrogen-bond acceptors (Lipinski definition) is 5. The number of halogens is 6. The minimum absolute atomic E-state index is 0.0293. The standard InChI is InChI=1S/C20H12F6N2O3S/c1-31-18(30)11-4-2-10(3-5-11)17-27-9-15(32-17)16(29)28-14-7-12(19(21,22)23)6-13(8-14)20(24,25)26/h2-9H,1H3,(H,28,29). The molecule has 1 heterocycles. The first kappa shape index (κ1) is 23.3. The highest BCUT2D eigenvalue weighted by molar-refractivity contribution is 7.17. The highest BCUT2D eigenvalue weighted by atomic mass is 32.1. The number of amides is 1. The second-order valence-corrected chi connectivity index (χ2v) is 7.38. The van der Waals surface area contributed by atoms with E-state index in [1.54, 1.807) is 12.1 Å². The molecule has 0 spiro atoms. The van der Waals surface area contributed by atoms with Crippen LogP contribution in [0.15, 0.2) is 48.7 Å². The van der Waals surface area contributed by atoms with Gasteiger partial charge in [0, 0.05) is 11.3 Å². The summed E-state index contributed by atoms with van der Waals surface area (Å²) in [6.07, 6.45) is -8.93. The number of ether oxygens (including phenoxy) is 1. The van der Waals surface area contributed by atoms with E-state index in [1.807, 2.05) is 5.32 Å². The zero-order chi connectivity index (χ0) is 23.7. The van der Waals surface area contributed by atoms with Crippen LogP contribution >= 0.6 is 11.3 Å². The molecule has 3 rings (SSSR count). The molecule has 3 aromatic rings. The maximum Gasteiger partial charge on any atom is 0.416 e. The van der Waals surface area contributed by atoms with Crippen LogP contribution in [0.25, 0.3) is 10.6 Å². The molecule has 5 nitrogen and oxygen atoms in total. The summed E-state index contributed by atoms with van der Waals surface area (Å²) in [4.78, 5) is 27.9. The van der Waals surface area contributed by atoms with Crippen molar-refractivity contribution in [3.05, 3.63) is 70.2 Å². The number of methoxy groups -OCH3 is 1. The normalized spacial score (nSPS) is 11.8. The summed E-state index contributed by atoms with van der Waals surface area (Å²) >= 11 is 0.869. The third-order valence-corrected chi connectivity index (χ3v) is 5.17. The van der Waals surface area contributed by atoms with Crippen molar-refractivity contribution in [1.82, 2.24) is 4.98 Å². The monoisotopic (exact) mass is 474 g/mol. The van der Waals surface area contributed by atoms with E-state index in [-0.39, 0.29) is 16.5 Å². The Bertz CT molecular complexity index is 1120. The van der Waals surface area contributed by atoms with Crippen LogP contribution in [0.3, 0.4) is 0 Å². The lowest BCUT2D eigenvalue weighted by molar-refractivity contribution is -0.143. The fraction of sp³-hybridized carbons (Fsp3) is 0.150. The molecule has 0 atom stereocenters. The van der Waals surface area contributed by atoms with Crippen molar-refractivity contribution in [1.29, 1.82) is 0 Å². The first-order chi connectivity index (χ1) is 14.9. The topological polar surface area (TPSA) is 68.3 Å². The van der Waals surface area contributed by atoms with E-state index in [0.717, 1.165) is 17.5 Å². The van der Waals surface area contributed by atoms with Crippen LogP contribution in [0, 0.1) is 0 Å². The quantitative estimate of drug-likeness (QED) is 0.379. The summed E-state index contributed by atoms with van der Waals surface area (Å²) in [6, 6.07) is 6.86. The number of rotatable bonds is 4. The van der Waals surface area contributed by atoms with Crippen molar-refractivity contribution < 1.29 is 40.7 Å². The van der Waals surface area contributed by atoms with Crippen molar-refractivity contribution in [2.75, 3.05) is 12.4 Å². The van der Waals surface area contributed by atoms with Crippen molar-refractivity contribution in [2.45, 2.75) is 12.4 Å². The Hall–Kier alpha value is -3.41. The average molecular weight is 474 g/mol. The van der Waals surface area contributed by atoms with Crippen LogP contribution in [0.4, 0.5) is 32.0 Å². The van der Waals surface area contributed by atoms with Crippen molar-refractivity contribution in [3.8, 4) is 10.6 Å². The number of nitrogens with zero attached hydrogens (tertiary/aromatic N) is 1. The van der Waals surface area contributed by atoms with Gasteiger partial charge in [-0.05, 0) is 30.3 Å². The van der Waals surface area contributed by atoms with E-state index >= 15 is 0 Å². The Morgan fingerprint density at radius 2 is 1.50 bits per heavy atom. The molecule has 0 fully saturated rings. The third-order valence-electron chi connectivity index (χ3n) is 4.13. The molecule has 0 bridgehead atoms. The second kappa shape index (κ2) is 8.61. The average Bonchev–Trinajstić information content (AvgIpc) is 3.22. The van der Waals surface area contributed by atoms with Crippen LogP contribution in [0.5, 0.6) is 0 Å². The lowest BCUT2D eigenvalue weighted by atomic mass is 10.1. The molecule has 0 aliphatic rings. The molecule has 1 aromatic heterocycles. The molecular formula is C20H12F6N2O3S. The molecule has 168 valence electrons. The number of esters is 1. The molecule has 0 saturated carbocycles. The third kappa shape index (κ3) is 5.25. The fourth-order valence-electron chi connectivity index (χ4n) is 2.60. The summed E-state index contributed by atoms with van der Waals surface area (Å²) in [5.41, 5.74) is -2.91. The summed E-state index contributed by atoms with van der Waals surface area (Å²) in [5, 5.41) is 2.40. The second-order valence-electron chi connectivity index (χ2n) is 6.35. The molecule has 0 radical (unpaired) electrons. The molecule has 1 N–H and O–H groups in total. The van der Waals surface area contributed by atoms with Gasteiger partial charge < -0.3 is 10.1 Å². The minimum atomic E-state index is -5.03. The highest BCUT2D eigenvalue weighted by Gasteiger charge is 2.37. The van der Waals surface area contributed by atoms with Gasteiger partial charge in [-0.1, -0.05) is 12.1 Å². The van der Waals surface area contributed by atoms with Gasteiger partial charge in [-0.3, -0.25) is 4.79 Å². The Kier molecular flexibility index (Phi) is 6.26. The van der Waals surface area contributed by atoms with Crippen LogP contribution < -0.4 is 5.32 Å². The van der Waals surface area contributed by atoms with Crippen LogP contribution in [-0.2, 0) is 17.1 Å². The lowest BCUT2D eigenvalue weighted by Gasteiger charge is -2.14. The van der Waals surface area contributed by atoms with Gasteiger partial charge in [0.05, 0.1) is 30.0 Å². The summed E-state index contributed by atoms with van der Waals surface area (Å²) in [7, 11) is 1.23. The van der Waals surface area contributed by atoms with Gasteiger partial charge in [-0.2, -0.15) is 26.3 Å². The lowest BCUT2D eigenvalue weighted by Crippen LogP contribution is -2.15. The Balaban J connectivity index is 1.84. The van der Waals surface area contributed by atoms with E-state index in [4.69, 9.17) is 0 Å². The molecule has 0 saturated heterocycles. The van der Waals surface area contributed by atoms with Gasteiger partial charge in [-0.25, -0.2) is 9.78 Å². The Morgan fingerprint density at radius 3 is 2.00 bits per heavy atom. The number of benzene rings is 2. The van der Waals surface area contributed by atoms with Gasteiger partial charge in [0.25, 0.3) is 5.91 Å². The van der Waals surface area contributed by atoms with E-state index in [0.29, 0.717) is 22.7 Å². The number of carbonyl (C=O) groups is 2. The van der Waals surface area contributed by atoms with E-state index < -0.39 is 41.0 Å². The summed E-state index contributed by atoms with van der Waals surface area (Å²) in [5.74, 6) is -1.47. The van der Waals surface area contributed by atoms with Crippen molar-refractivity contribution in [3.63, 3.8) is 0 Å². The molecule has 2 aromatic carbocycles. The van der Waals surface area contributed by atoms with E-state index in [1.165, 1.54) is 19.2 Å². The number of aromatic nitrogens is 1. The molecule has 0 unspecified atom stereocenters. The maximum atomic E-state index is 13.0. The van der Waals surface area contributed by atoms with E-state index in [2.05, 4.69) is 9.72 Å². The predicted molar refractivity (Wildman–Crippen MR) is 103 cm³/mol. The highest BCUT2D eigenvalue weighted by Crippen LogP contribution is 2.37. The first-order valence-corrected chi connectivity index (χ1v) is 9.45. The van der Waals surface area contributed by atoms with Gasteiger partial charge in [-0.15, -0.1) is 11.3 Å².